The Bertz CT molecular complexity index is 478. The Balaban J connectivity index is 2.60. The van der Waals surface area contributed by atoms with Crippen molar-refractivity contribution in [1.82, 2.24) is 0 Å². The molecule has 0 N–H and O–H groups in total. The van der Waals surface area contributed by atoms with Crippen LogP contribution >= 0.6 is 16.2 Å². The molecule has 0 aliphatic heterocycles. The summed E-state index contributed by atoms with van der Waals surface area (Å²) in [6, 6.07) is 7.69. The molecule has 0 heterocycles. The average molecular weight is 378 g/mol. The maximum Gasteiger partial charge on any atom is 0.335 e. The van der Waals surface area contributed by atoms with Crippen LogP contribution in [0, 0.1) is 0 Å². The van der Waals surface area contributed by atoms with Crippen LogP contribution < -0.4 is 0 Å². The molecule has 0 saturated carbocycles. The second-order valence-electron chi connectivity index (χ2n) is 4.75. The molecule has 0 radical (unpaired) electrons. The molecule has 8 heteroatoms. The largest absolute Gasteiger partial charge is 0.335 e. The molecule has 0 aromatic heterocycles. The lowest BCUT2D eigenvalue weighted by molar-refractivity contribution is 0.164. The van der Waals surface area contributed by atoms with Gasteiger partial charge in [-0.3, -0.25) is 4.57 Å². The molecule has 0 unspecified atom stereocenters. The summed E-state index contributed by atoms with van der Waals surface area (Å²) in [5.41, 5.74) is 1.90. The number of rotatable bonds is 13. The molecule has 0 amide bonds. The lowest BCUT2D eigenvalue weighted by Gasteiger charge is -2.17. The predicted octanol–water partition coefficient (Wildman–Crippen LogP) is 5.27. The zero-order valence-corrected chi connectivity index (χ0v) is 16.7. The molecule has 0 aliphatic carbocycles. The Kier molecular flexibility index (Phi) is 11.0. The van der Waals surface area contributed by atoms with Crippen LogP contribution in [0.3, 0.4) is 0 Å². The van der Waals surface area contributed by atoms with Crippen molar-refractivity contribution in [2.24, 2.45) is 0 Å². The quantitative estimate of drug-likeness (QED) is 0.436. The molecule has 1 aromatic rings. The number of hydrogen-bond acceptors (Lipinski definition) is 6. The first kappa shape index (κ1) is 21.7. The highest BCUT2D eigenvalue weighted by atomic mass is 31.2. The van der Waals surface area contributed by atoms with Gasteiger partial charge in [-0.15, -0.1) is 0 Å². The van der Waals surface area contributed by atoms with E-state index in [4.69, 9.17) is 22.6 Å². The van der Waals surface area contributed by atoms with Gasteiger partial charge < -0.3 is 22.6 Å². The van der Waals surface area contributed by atoms with E-state index in [9.17, 15) is 4.57 Å². The molecule has 0 spiro atoms. The highest BCUT2D eigenvalue weighted by molar-refractivity contribution is 7.53. The van der Waals surface area contributed by atoms with Gasteiger partial charge in [-0.05, 0) is 38.8 Å². The second kappa shape index (κ2) is 12.1. The van der Waals surface area contributed by atoms with E-state index in [0.29, 0.717) is 33.0 Å². The van der Waals surface area contributed by atoms with Crippen LogP contribution in [0.2, 0.25) is 0 Å². The predicted molar refractivity (Wildman–Crippen MR) is 96.0 cm³/mol. The van der Waals surface area contributed by atoms with E-state index in [1.165, 1.54) is 0 Å². The molecule has 0 saturated heterocycles. The standard InChI is InChI=1S/C16H28O6P2/c1-5-18-23(19-6-2)20-13-15-9-11-16(12-10-15)14-24(17,21-7-3)22-8-4/h9-12H,5-8,13-14H2,1-4H3. The molecule has 6 nitrogen and oxygen atoms in total. The minimum atomic E-state index is -3.07. The molecule has 1 rings (SSSR count). The molecular weight excluding hydrogens is 350 g/mol. The van der Waals surface area contributed by atoms with Gasteiger partial charge in [0.15, 0.2) is 0 Å². The minimum absolute atomic E-state index is 0.264. The van der Waals surface area contributed by atoms with E-state index in [1.807, 2.05) is 38.1 Å². The lowest BCUT2D eigenvalue weighted by atomic mass is 10.2. The fourth-order valence-corrected chi connectivity index (χ4v) is 4.54. The van der Waals surface area contributed by atoms with Gasteiger partial charge in [-0.2, -0.15) is 0 Å². The summed E-state index contributed by atoms with van der Waals surface area (Å²) in [4.78, 5) is 0. The highest BCUT2D eigenvalue weighted by Crippen LogP contribution is 2.51. The Labute approximate surface area is 146 Å². The monoisotopic (exact) mass is 378 g/mol. The van der Waals surface area contributed by atoms with E-state index in [2.05, 4.69) is 0 Å². The Hall–Kier alpha value is -0.320. The van der Waals surface area contributed by atoms with Gasteiger partial charge in [-0.1, -0.05) is 24.3 Å². The van der Waals surface area contributed by atoms with Gasteiger partial charge in [0.25, 0.3) is 0 Å². The van der Waals surface area contributed by atoms with Gasteiger partial charge in [0.05, 0.1) is 39.2 Å². The molecule has 0 atom stereocenters. The Morgan fingerprint density at radius 1 is 0.792 bits per heavy atom. The van der Waals surface area contributed by atoms with Crippen LogP contribution in [0.25, 0.3) is 0 Å². The average Bonchev–Trinajstić information content (AvgIpc) is 2.55. The first-order valence-electron chi connectivity index (χ1n) is 8.21. The van der Waals surface area contributed by atoms with Gasteiger partial charge in [0.1, 0.15) is 0 Å². The third-order valence-electron chi connectivity index (χ3n) is 2.86. The summed E-state index contributed by atoms with van der Waals surface area (Å²) in [7, 11) is -4.38. The molecule has 1 aromatic carbocycles. The maximum absolute atomic E-state index is 12.5. The molecule has 24 heavy (non-hydrogen) atoms. The van der Waals surface area contributed by atoms with Crippen molar-refractivity contribution in [2.75, 3.05) is 26.4 Å². The zero-order chi connectivity index (χ0) is 17.8. The summed E-state index contributed by atoms with van der Waals surface area (Å²) in [5.74, 6) is 0. The van der Waals surface area contributed by atoms with Crippen molar-refractivity contribution < 1.29 is 27.2 Å². The molecule has 0 bridgehead atoms. The van der Waals surface area contributed by atoms with Crippen molar-refractivity contribution in [1.29, 1.82) is 0 Å². The van der Waals surface area contributed by atoms with Crippen LogP contribution in [0.1, 0.15) is 38.8 Å². The Morgan fingerprint density at radius 2 is 1.29 bits per heavy atom. The van der Waals surface area contributed by atoms with E-state index >= 15 is 0 Å². The van der Waals surface area contributed by atoms with Gasteiger partial charge >= 0.3 is 16.2 Å². The van der Waals surface area contributed by atoms with Gasteiger partial charge in [0.2, 0.25) is 0 Å². The Morgan fingerprint density at radius 3 is 1.75 bits per heavy atom. The van der Waals surface area contributed by atoms with Crippen LogP contribution in [0.15, 0.2) is 24.3 Å². The van der Waals surface area contributed by atoms with Crippen molar-refractivity contribution in [3.05, 3.63) is 35.4 Å². The van der Waals surface area contributed by atoms with E-state index in [0.717, 1.165) is 11.1 Å². The SMILES string of the molecule is CCOP(OCC)OCc1ccc(CP(=O)(OCC)OCC)cc1. The summed E-state index contributed by atoms with van der Waals surface area (Å²) < 4.78 is 39.6. The smallest absolute Gasteiger partial charge is 0.313 e. The molecule has 0 aliphatic rings. The summed E-state index contributed by atoms with van der Waals surface area (Å²) >= 11 is 0. The maximum atomic E-state index is 12.5. The fourth-order valence-electron chi connectivity index (χ4n) is 1.94. The van der Waals surface area contributed by atoms with Crippen LogP contribution in [-0.4, -0.2) is 26.4 Å². The summed E-state index contributed by atoms with van der Waals surface area (Å²) in [6.07, 6.45) is 0.264. The van der Waals surface area contributed by atoms with E-state index in [-0.39, 0.29) is 6.16 Å². The van der Waals surface area contributed by atoms with Crippen LogP contribution in [0.4, 0.5) is 0 Å². The molecule has 0 fully saturated rings. The third kappa shape index (κ3) is 8.17. The second-order valence-corrected chi connectivity index (χ2v) is 8.03. The third-order valence-corrected chi connectivity index (χ3v) is 6.19. The van der Waals surface area contributed by atoms with E-state index < -0.39 is 16.2 Å². The first-order chi connectivity index (χ1) is 11.6. The van der Waals surface area contributed by atoms with Crippen LogP contribution in [0.5, 0.6) is 0 Å². The van der Waals surface area contributed by atoms with Gasteiger partial charge in [0, 0.05) is 0 Å². The van der Waals surface area contributed by atoms with Crippen LogP contribution in [-0.2, 0) is 40.0 Å². The van der Waals surface area contributed by atoms with E-state index in [1.54, 1.807) is 13.8 Å². The van der Waals surface area contributed by atoms with Crippen molar-refractivity contribution >= 4 is 16.2 Å². The highest BCUT2D eigenvalue weighted by Gasteiger charge is 2.23. The minimum Gasteiger partial charge on any atom is -0.313 e. The topological polar surface area (TPSA) is 63.2 Å². The normalized spacial score (nSPS) is 12.0. The fraction of sp³-hybridized carbons (Fsp3) is 0.625. The van der Waals surface area contributed by atoms with Gasteiger partial charge in [-0.25, -0.2) is 0 Å². The molecular formula is C16H28O6P2. The van der Waals surface area contributed by atoms with Crippen molar-refractivity contribution in [3.63, 3.8) is 0 Å². The molecule has 138 valence electrons. The first-order valence-corrected chi connectivity index (χ1v) is 11.0. The summed E-state index contributed by atoms with van der Waals surface area (Å²) in [6.45, 7) is 9.65. The number of benzene rings is 1. The summed E-state index contributed by atoms with van der Waals surface area (Å²) in [5, 5.41) is 0. The number of hydrogen-bond donors (Lipinski definition) is 0. The lowest BCUT2D eigenvalue weighted by Crippen LogP contribution is -1.99. The zero-order valence-electron chi connectivity index (χ0n) is 14.9. The van der Waals surface area contributed by atoms with Crippen molar-refractivity contribution in [3.8, 4) is 0 Å². The van der Waals surface area contributed by atoms with Crippen molar-refractivity contribution in [2.45, 2.75) is 40.5 Å².